The summed E-state index contributed by atoms with van der Waals surface area (Å²) in [4.78, 5) is 31.1. The van der Waals surface area contributed by atoms with Crippen molar-refractivity contribution in [3.8, 4) is 0 Å². The fraction of sp³-hybridized carbons (Fsp3) is 0.333. The lowest BCUT2D eigenvalue weighted by Crippen LogP contribution is -2.29. The Hall–Kier alpha value is -3.22. The Bertz CT molecular complexity index is 1100. The molecule has 7 heteroatoms. The minimum absolute atomic E-state index is 0.00910. The standard InChI is InChI=1S/C21H22N4O3/c1-12-10-13(2)25-19(22-12)18(14(3)23-25)20(26)24-9-8-15(11-24)16-6-4-5-7-17(16)21(27)28/h4-7,10,15H,8-9,11H2,1-3H3,(H,27,28). The second kappa shape index (κ2) is 6.74. The van der Waals surface area contributed by atoms with Crippen LogP contribution in [0.3, 0.4) is 0 Å². The minimum Gasteiger partial charge on any atom is -0.478 e. The number of carboxylic acids is 1. The molecule has 1 amide bonds. The Morgan fingerprint density at radius 2 is 1.93 bits per heavy atom. The summed E-state index contributed by atoms with van der Waals surface area (Å²) in [5.41, 5.74) is 4.62. The van der Waals surface area contributed by atoms with Crippen molar-refractivity contribution in [1.82, 2.24) is 19.5 Å². The van der Waals surface area contributed by atoms with E-state index in [2.05, 4.69) is 10.1 Å². The predicted molar refractivity (Wildman–Crippen MR) is 104 cm³/mol. The van der Waals surface area contributed by atoms with Crippen LogP contribution in [0.2, 0.25) is 0 Å². The molecule has 4 rings (SSSR count). The molecule has 0 radical (unpaired) electrons. The lowest BCUT2D eigenvalue weighted by Gasteiger charge is -2.17. The zero-order valence-electron chi connectivity index (χ0n) is 16.1. The molecule has 0 spiro atoms. The van der Waals surface area contributed by atoms with Gasteiger partial charge < -0.3 is 10.0 Å². The average Bonchev–Trinajstić information content (AvgIpc) is 3.26. The van der Waals surface area contributed by atoms with E-state index in [-0.39, 0.29) is 11.8 Å². The van der Waals surface area contributed by atoms with Crippen LogP contribution in [-0.4, -0.2) is 49.6 Å². The number of aromatic carboxylic acids is 1. The third-order valence-electron chi connectivity index (χ3n) is 5.39. The van der Waals surface area contributed by atoms with Gasteiger partial charge in [0.15, 0.2) is 5.65 Å². The van der Waals surface area contributed by atoms with Crippen LogP contribution in [0.5, 0.6) is 0 Å². The second-order valence-electron chi connectivity index (χ2n) is 7.36. The first-order chi connectivity index (χ1) is 13.4. The quantitative estimate of drug-likeness (QED) is 0.757. The summed E-state index contributed by atoms with van der Waals surface area (Å²) in [6.45, 7) is 6.74. The first-order valence-electron chi connectivity index (χ1n) is 9.32. The number of carbonyl (C=O) groups excluding carboxylic acids is 1. The molecule has 3 heterocycles. The Morgan fingerprint density at radius 1 is 1.18 bits per heavy atom. The second-order valence-corrected chi connectivity index (χ2v) is 7.36. The summed E-state index contributed by atoms with van der Waals surface area (Å²) < 4.78 is 1.71. The van der Waals surface area contributed by atoms with E-state index in [0.29, 0.717) is 35.6 Å². The van der Waals surface area contributed by atoms with Gasteiger partial charge >= 0.3 is 5.97 Å². The van der Waals surface area contributed by atoms with E-state index < -0.39 is 5.97 Å². The van der Waals surface area contributed by atoms with Crippen molar-refractivity contribution in [2.24, 2.45) is 0 Å². The number of hydrogen-bond donors (Lipinski definition) is 1. The van der Waals surface area contributed by atoms with Crippen LogP contribution in [0.4, 0.5) is 0 Å². The third kappa shape index (κ3) is 2.93. The normalized spacial score (nSPS) is 16.7. The van der Waals surface area contributed by atoms with Gasteiger partial charge in [-0.15, -0.1) is 0 Å². The van der Waals surface area contributed by atoms with E-state index in [4.69, 9.17) is 0 Å². The monoisotopic (exact) mass is 378 g/mol. The number of aryl methyl sites for hydroxylation is 3. The van der Waals surface area contributed by atoms with Crippen molar-refractivity contribution in [2.45, 2.75) is 33.1 Å². The van der Waals surface area contributed by atoms with Crippen LogP contribution >= 0.6 is 0 Å². The fourth-order valence-corrected chi connectivity index (χ4v) is 4.08. The van der Waals surface area contributed by atoms with Crippen molar-refractivity contribution in [3.05, 3.63) is 64.1 Å². The lowest BCUT2D eigenvalue weighted by molar-refractivity contribution is 0.0695. The number of hydrogen-bond acceptors (Lipinski definition) is 4. The number of fused-ring (bicyclic) bond motifs is 1. The highest BCUT2D eigenvalue weighted by atomic mass is 16.4. The number of nitrogens with zero attached hydrogens (tertiary/aromatic N) is 4. The molecule has 1 atom stereocenters. The van der Waals surface area contributed by atoms with E-state index in [0.717, 1.165) is 23.4 Å². The summed E-state index contributed by atoms with van der Waals surface area (Å²) in [6, 6.07) is 8.97. The van der Waals surface area contributed by atoms with Gasteiger partial charge in [-0.05, 0) is 44.9 Å². The van der Waals surface area contributed by atoms with Gasteiger partial charge in [0, 0.05) is 30.4 Å². The van der Waals surface area contributed by atoms with Gasteiger partial charge in [-0.25, -0.2) is 14.3 Å². The molecule has 28 heavy (non-hydrogen) atoms. The van der Waals surface area contributed by atoms with Crippen molar-refractivity contribution in [2.75, 3.05) is 13.1 Å². The Kier molecular flexibility index (Phi) is 4.37. The first kappa shape index (κ1) is 18.2. The van der Waals surface area contributed by atoms with E-state index in [1.54, 1.807) is 21.5 Å². The predicted octanol–water partition coefficient (Wildman–Crippen LogP) is 2.98. The molecule has 2 aromatic heterocycles. The highest BCUT2D eigenvalue weighted by Crippen LogP contribution is 2.31. The van der Waals surface area contributed by atoms with Gasteiger partial charge in [0.2, 0.25) is 0 Å². The molecule has 0 bridgehead atoms. The largest absolute Gasteiger partial charge is 0.478 e. The number of amides is 1. The summed E-state index contributed by atoms with van der Waals surface area (Å²) in [7, 11) is 0. The maximum Gasteiger partial charge on any atom is 0.335 e. The molecule has 1 fully saturated rings. The molecular weight excluding hydrogens is 356 g/mol. The van der Waals surface area contributed by atoms with Crippen molar-refractivity contribution < 1.29 is 14.7 Å². The fourth-order valence-electron chi connectivity index (χ4n) is 4.08. The summed E-state index contributed by atoms with van der Waals surface area (Å²) >= 11 is 0. The number of likely N-dealkylation sites (tertiary alicyclic amines) is 1. The number of benzene rings is 1. The van der Waals surface area contributed by atoms with Gasteiger partial charge in [0.05, 0.1) is 11.3 Å². The Balaban J connectivity index is 1.66. The van der Waals surface area contributed by atoms with Gasteiger partial charge in [-0.1, -0.05) is 18.2 Å². The summed E-state index contributed by atoms with van der Waals surface area (Å²) in [5.74, 6) is -1.02. The SMILES string of the molecule is Cc1cc(C)n2nc(C)c(C(=O)N3CCC(c4ccccc4C(=O)O)C3)c2n1. The highest BCUT2D eigenvalue weighted by Gasteiger charge is 2.32. The summed E-state index contributed by atoms with van der Waals surface area (Å²) in [5, 5.41) is 13.9. The Morgan fingerprint density at radius 3 is 2.68 bits per heavy atom. The molecule has 1 saturated heterocycles. The smallest absolute Gasteiger partial charge is 0.335 e. The highest BCUT2D eigenvalue weighted by molar-refractivity contribution is 6.01. The molecule has 0 saturated carbocycles. The van der Waals surface area contributed by atoms with Crippen LogP contribution in [0, 0.1) is 20.8 Å². The molecule has 3 aromatic rings. The molecule has 1 unspecified atom stereocenters. The van der Waals surface area contributed by atoms with E-state index >= 15 is 0 Å². The number of rotatable bonds is 3. The van der Waals surface area contributed by atoms with Gasteiger partial charge in [0.1, 0.15) is 5.56 Å². The van der Waals surface area contributed by atoms with Crippen LogP contribution < -0.4 is 0 Å². The number of carboxylic acid groups (broad SMARTS) is 1. The van der Waals surface area contributed by atoms with Crippen LogP contribution in [0.25, 0.3) is 5.65 Å². The van der Waals surface area contributed by atoms with Crippen molar-refractivity contribution in [1.29, 1.82) is 0 Å². The van der Waals surface area contributed by atoms with Gasteiger partial charge in [-0.3, -0.25) is 4.79 Å². The van der Waals surface area contributed by atoms with Crippen molar-refractivity contribution in [3.63, 3.8) is 0 Å². The molecule has 144 valence electrons. The maximum absolute atomic E-state index is 13.3. The van der Waals surface area contributed by atoms with E-state index in [1.165, 1.54) is 0 Å². The molecule has 1 N–H and O–H groups in total. The van der Waals surface area contributed by atoms with Crippen molar-refractivity contribution >= 4 is 17.5 Å². The van der Waals surface area contributed by atoms with E-state index in [9.17, 15) is 14.7 Å². The average molecular weight is 378 g/mol. The molecular formula is C21H22N4O3. The lowest BCUT2D eigenvalue weighted by atomic mass is 9.93. The third-order valence-corrected chi connectivity index (χ3v) is 5.39. The van der Waals surface area contributed by atoms with E-state index in [1.807, 2.05) is 39.0 Å². The zero-order chi connectivity index (χ0) is 20.0. The topological polar surface area (TPSA) is 87.8 Å². The molecule has 7 nitrogen and oxygen atoms in total. The maximum atomic E-state index is 13.3. The molecule has 1 aliphatic heterocycles. The minimum atomic E-state index is -0.936. The number of carbonyl (C=O) groups is 2. The zero-order valence-corrected chi connectivity index (χ0v) is 16.1. The Labute approximate surface area is 162 Å². The molecule has 1 aliphatic rings. The molecule has 1 aromatic carbocycles. The van der Waals surface area contributed by atoms with Crippen LogP contribution in [-0.2, 0) is 0 Å². The number of aromatic nitrogens is 3. The van der Waals surface area contributed by atoms with Crippen LogP contribution in [0.15, 0.2) is 30.3 Å². The van der Waals surface area contributed by atoms with Gasteiger partial charge in [-0.2, -0.15) is 5.10 Å². The summed E-state index contributed by atoms with van der Waals surface area (Å²) in [6.07, 6.45) is 0.736. The van der Waals surface area contributed by atoms with Gasteiger partial charge in [0.25, 0.3) is 5.91 Å². The molecule has 0 aliphatic carbocycles. The van der Waals surface area contributed by atoms with Crippen LogP contribution in [0.1, 0.15) is 55.7 Å². The first-order valence-corrected chi connectivity index (χ1v) is 9.32.